The SMILES string of the molecule is O=C(COc1cccc2ccccc12)N1CCN(S(=O)(=O)c2ccccc2Br)CC1. The number of carbonyl (C=O) groups excluding carboxylic acids is 1. The highest BCUT2D eigenvalue weighted by Gasteiger charge is 2.31. The first-order valence-corrected chi connectivity index (χ1v) is 11.8. The Balaban J connectivity index is 1.37. The van der Waals surface area contributed by atoms with Gasteiger partial charge in [0.1, 0.15) is 5.75 Å². The molecule has 8 heteroatoms. The smallest absolute Gasteiger partial charge is 0.260 e. The molecule has 1 heterocycles. The highest BCUT2D eigenvalue weighted by atomic mass is 79.9. The number of hydrogen-bond donors (Lipinski definition) is 0. The molecule has 30 heavy (non-hydrogen) atoms. The van der Waals surface area contributed by atoms with E-state index in [9.17, 15) is 13.2 Å². The maximum Gasteiger partial charge on any atom is 0.260 e. The Morgan fingerprint density at radius 3 is 2.33 bits per heavy atom. The van der Waals surface area contributed by atoms with Crippen LogP contribution in [0.15, 0.2) is 76.1 Å². The molecule has 0 atom stereocenters. The second kappa shape index (κ2) is 8.75. The maximum absolute atomic E-state index is 12.9. The minimum Gasteiger partial charge on any atom is -0.483 e. The molecule has 1 aliphatic heterocycles. The molecule has 0 aliphatic carbocycles. The van der Waals surface area contributed by atoms with Crippen LogP contribution < -0.4 is 4.74 Å². The van der Waals surface area contributed by atoms with Gasteiger partial charge in [-0.05, 0) is 39.5 Å². The summed E-state index contributed by atoms with van der Waals surface area (Å²) in [5.74, 6) is 0.512. The third-order valence-electron chi connectivity index (χ3n) is 5.15. The molecule has 0 aromatic heterocycles. The Labute approximate surface area is 184 Å². The molecule has 1 aliphatic rings. The maximum atomic E-state index is 12.9. The van der Waals surface area contributed by atoms with Crippen molar-refractivity contribution in [2.45, 2.75) is 4.90 Å². The number of ether oxygens (including phenoxy) is 1. The van der Waals surface area contributed by atoms with Crippen LogP contribution in [0.2, 0.25) is 0 Å². The van der Waals surface area contributed by atoms with Crippen LogP contribution in [0.3, 0.4) is 0 Å². The summed E-state index contributed by atoms with van der Waals surface area (Å²) in [6, 6.07) is 20.3. The van der Waals surface area contributed by atoms with E-state index in [0.29, 0.717) is 23.3 Å². The van der Waals surface area contributed by atoms with Crippen molar-refractivity contribution in [3.8, 4) is 5.75 Å². The van der Waals surface area contributed by atoms with Gasteiger partial charge in [0.2, 0.25) is 10.0 Å². The molecule has 0 radical (unpaired) electrons. The minimum absolute atomic E-state index is 0.0784. The minimum atomic E-state index is -3.60. The van der Waals surface area contributed by atoms with Gasteiger partial charge in [0, 0.05) is 36.0 Å². The number of sulfonamides is 1. The summed E-state index contributed by atoms with van der Waals surface area (Å²) in [6.07, 6.45) is 0. The molecular weight excluding hydrogens is 468 g/mol. The van der Waals surface area contributed by atoms with Crippen molar-refractivity contribution >= 4 is 42.6 Å². The number of rotatable bonds is 5. The van der Waals surface area contributed by atoms with Gasteiger partial charge < -0.3 is 9.64 Å². The quantitative estimate of drug-likeness (QED) is 0.550. The van der Waals surface area contributed by atoms with Crippen LogP contribution in [0.25, 0.3) is 10.8 Å². The lowest BCUT2D eigenvalue weighted by molar-refractivity contribution is -0.134. The van der Waals surface area contributed by atoms with Crippen molar-refractivity contribution in [2.24, 2.45) is 0 Å². The summed E-state index contributed by atoms with van der Waals surface area (Å²) in [5.41, 5.74) is 0. The van der Waals surface area contributed by atoms with E-state index in [2.05, 4.69) is 15.9 Å². The van der Waals surface area contributed by atoms with Crippen LogP contribution in [0.1, 0.15) is 0 Å². The number of hydrogen-bond acceptors (Lipinski definition) is 4. The van der Waals surface area contributed by atoms with E-state index in [0.717, 1.165) is 10.8 Å². The first kappa shape index (κ1) is 20.8. The van der Waals surface area contributed by atoms with Crippen molar-refractivity contribution in [1.82, 2.24) is 9.21 Å². The highest BCUT2D eigenvalue weighted by Crippen LogP contribution is 2.26. The summed E-state index contributed by atoms with van der Waals surface area (Å²) >= 11 is 3.31. The molecule has 3 aromatic rings. The molecular formula is C22H21BrN2O4S. The van der Waals surface area contributed by atoms with Crippen LogP contribution in [-0.4, -0.2) is 56.3 Å². The second-order valence-electron chi connectivity index (χ2n) is 6.98. The van der Waals surface area contributed by atoms with Crippen LogP contribution >= 0.6 is 15.9 Å². The Hall–Kier alpha value is -2.42. The molecule has 0 unspecified atom stereocenters. The molecule has 1 saturated heterocycles. The average Bonchev–Trinajstić information content (AvgIpc) is 2.77. The van der Waals surface area contributed by atoms with Gasteiger partial charge in [-0.15, -0.1) is 0 Å². The predicted octanol–water partition coefficient (Wildman–Crippen LogP) is 3.51. The molecule has 0 N–H and O–H groups in total. The number of fused-ring (bicyclic) bond motifs is 1. The largest absolute Gasteiger partial charge is 0.483 e. The number of nitrogens with zero attached hydrogens (tertiary/aromatic N) is 2. The first-order chi connectivity index (χ1) is 14.5. The molecule has 156 valence electrons. The standard InChI is InChI=1S/C22H21BrN2O4S/c23-19-9-3-4-11-21(19)30(27,28)25-14-12-24(13-15-25)22(26)16-29-20-10-5-7-17-6-1-2-8-18(17)20/h1-11H,12-16H2. The Morgan fingerprint density at radius 2 is 1.57 bits per heavy atom. The topological polar surface area (TPSA) is 66.9 Å². The zero-order valence-electron chi connectivity index (χ0n) is 16.2. The van der Waals surface area contributed by atoms with E-state index in [4.69, 9.17) is 4.74 Å². The number of carbonyl (C=O) groups is 1. The third-order valence-corrected chi connectivity index (χ3v) is 8.06. The normalized spacial score (nSPS) is 15.3. The highest BCUT2D eigenvalue weighted by molar-refractivity contribution is 9.10. The van der Waals surface area contributed by atoms with Crippen LogP contribution in [0.5, 0.6) is 5.75 Å². The van der Waals surface area contributed by atoms with Crippen LogP contribution in [0, 0.1) is 0 Å². The summed E-state index contributed by atoms with van der Waals surface area (Å²) < 4.78 is 33.5. The molecule has 3 aromatic carbocycles. The number of benzene rings is 3. The lowest BCUT2D eigenvalue weighted by Crippen LogP contribution is -2.51. The van der Waals surface area contributed by atoms with Crippen molar-refractivity contribution in [1.29, 1.82) is 0 Å². The number of halogens is 1. The average molecular weight is 489 g/mol. The summed E-state index contributed by atoms with van der Waals surface area (Å²) in [5, 5.41) is 2.01. The Kier molecular flexibility index (Phi) is 6.08. The molecule has 0 saturated carbocycles. The molecule has 6 nitrogen and oxygen atoms in total. The summed E-state index contributed by atoms with van der Waals surface area (Å²) in [4.78, 5) is 14.5. The first-order valence-electron chi connectivity index (χ1n) is 9.60. The van der Waals surface area contributed by atoms with Gasteiger partial charge in [0.05, 0.1) is 4.90 Å². The zero-order chi connectivity index (χ0) is 21.1. The van der Waals surface area contributed by atoms with Crippen molar-refractivity contribution in [2.75, 3.05) is 32.8 Å². The summed E-state index contributed by atoms with van der Waals surface area (Å²) in [7, 11) is -3.60. The van der Waals surface area contributed by atoms with Crippen LogP contribution in [-0.2, 0) is 14.8 Å². The van der Waals surface area contributed by atoms with E-state index < -0.39 is 10.0 Å². The number of amides is 1. The van der Waals surface area contributed by atoms with Crippen LogP contribution in [0.4, 0.5) is 0 Å². The van der Waals surface area contributed by atoms with Gasteiger partial charge in [0.15, 0.2) is 6.61 Å². The monoisotopic (exact) mass is 488 g/mol. The van der Waals surface area contributed by atoms with E-state index in [1.165, 1.54) is 4.31 Å². The fourth-order valence-corrected chi connectivity index (χ4v) is 5.91. The number of piperazine rings is 1. The van der Waals surface area contributed by atoms with E-state index in [1.54, 1.807) is 29.2 Å². The van der Waals surface area contributed by atoms with Gasteiger partial charge in [-0.2, -0.15) is 4.31 Å². The molecule has 0 spiro atoms. The Bertz CT molecular complexity index is 1170. The van der Waals surface area contributed by atoms with Gasteiger partial charge in [0.25, 0.3) is 5.91 Å². The fraction of sp³-hybridized carbons (Fsp3) is 0.227. The van der Waals surface area contributed by atoms with Crippen molar-refractivity contribution in [3.63, 3.8) is 0 Å². The van der Waals surface area contributed by atoms with Gasteiger partial charge in [-0.25, -0.2) is 8.42 Å². The van der Waals surface area contributed by atoms with E-state index in [-0.39, 0.29) is 30.5 Å². The van der Waals surface area contributed by atoms with Gasteiger partial charge in [-0.3, -0.25) is 4.79 Å². The van der Waals surface area contributed by atoms with Gasteiger partial charge in [-0.1, -0.05) is 48.5 Å². The molecule has 4 rings (SSSR count). The Morgan fingerprint density at radius 1 is 0.900 bits per heavy atom. The van der Waals surface area contributed by atoms with Crippen molar-refractivity contribution in [3.05, 3.63) is 71.2 Å². The van der Waals surface area contributed by atoms with Crippen molar-refractivity contribution < 1.29 is 17.9 Å². The van der Waals surface area contributed by atoms with Gasteiger partial charge >= 0.3 is 0 Å². The molecule has 0 bridgehead atoms. The van der Waals surface area contributed by atoms with E-state index in [1.807, 2.05) is 42.5 Å². The third kappa shape index (κ3) is 4.21. The second-order valence-corrected chi connectivity index (χ2v) is 9.74. The lowest BCUT2D eigenvalue weighted by Gasteiger charge is -2.34. The lowest BCUT2D eigenvalue weighted by atomic mass is 10.1. The fourth-order valence-electron chi connectivity index (χ4n) is 3.52. The molecule has 1 amide bonds. The molecule has 1 fully saturated rings. The van der Waals surface area contributed by atoms with E-state index >= 15 is 0 Å². The zero-order valence-corrected chi connectivity index (χ0v) is 18.6. The summed E-state index contributed by atoms with van der Waals surface area (Å²) in [6.45, 7) is 1.10. The predicted molar refractivity (Wildman–Crippen MR) is 119 cm³/mol.